The maximum Gasteiger partial charge on any atom is 0.472 e. The molecule has 0 radical (unpaired) electrons. The molecule has 3 aromatic rings. The number of ether oxygens (including phenoxy) is 2. The van der Waals surface area contributed by atoms with Crippen molar-refractivity contribution in [3.63, 3.8) is 0 Å². The molecule has 228 valence electrons. The van der Waals surface area contributed by atoms with E-state index in [1.807, 2.05) is 4.98 Å². The lowest BCUT2D eigenvalue weighted by molar-refractivity contribution is -0.0691. The van der Waals surface area contributed by atoms with Crippen molar-refractivity contribution in [1.29, 1.82) is 0 Å². The first kappa shape index (κ1) is 29.1. The Bertz CT molecular complexity index is 1720. The molecular weight excluding hydrogens is 618 g/mol. The highest BCUT2D eigenvalue weighted by atomic mass is 31.2. The fourth-order valence-electron chi connectivity index (χ4n) is 4.72. The standard InChI is InChI=1S/C19H21F2N7O12P2/c20-10-7-3-35-42(33,34)40-14-11(21)8(38-18(14)28-6-25-12-15(22)23-5-24-16(12)28)4-36-41(31,32)39-13(10)17(37-7)27-2-1-9(29)26-19(27)30/h1-2,5-8,10-11,13-14,17-18H,3-4H2,(H,31,32)(H,33,34)(H2,22,23,24)(H,26,29,30)/t7-,8-,10-,11-,13-,14-,17-,18-/m1/s1. The Balaban J connectivity index is 1.34. The lowest BCUT2D eigenvalue weighted by Gasteiger charge is -2.24. The summed E-state index contributed by atoms with van der Waals surface area (Å²) >= 11 is 0. The summed E-state index contributed by atoms with van der Waals surface area (Å²) in [7, 11) is -10.4. The van der Waals surface area contributed by atoms with Crippen LogP contribution in [0.1, 0.15) is 12.5 Å². The molecule has 0 saturated carbocycles. The number of rotatable bonds is 2. The van der Waals surface area contributed by atoms with Crippen molar-refractivity contribution in [2.75, 3.05) is 18.9 Å². The second kappa shape index (κ2) is 10.6. The predicted molar refractivity (Wildman–Crippen MR) is 130 cm³/mol. The van der Waals surface area contributed by atoms with Crippen LogP contribution >= 0.6 is 15.6 Å². The van der Waals surface area contributed by atoms with Crippen LogP contribution < -0.4 is 17.0 Å². The maximum atomic E-state index is 15.6. The second-order valence-electron chi connectivity index (χ2n) is 9.29. The number of hydrogen-bond donors (Lipinski definition) is 4. The fraction of sp³-hybridized carbons (Fsp3) is 0.526. The van der Waals surface area contributed by atoms with Crippen molar-refractivity contribution in [1.82, 2.24) is 29.1 Å². The molecule has 42 heavy (non-hydrogen) atoms. The normalized spacial score (nSPS) is 39.3. The molecule has 23 heteroatoms. The van der Waals surface area contributed by atoms with Gasteiger partial charge in [-0.05, 0) is 0 Å². The number of alkyl halides is 2. The summed E-state index contributed by atoms with van der Waals surface area (Å²) in [6.45, 7) is -2.03. The van der Waals surface area contributed by atoms with E-state index in [4.69, 9.17) is 33.3 Å². The summed E-state index contributed by atoms with van der Waals surface area (Å²) in [4.78, 5) is 58.4. The van der Waals surface area contributed by atoms with Gasteiger partial charge in [-0.3, -0.25) is 37.0 Å². The number of aromatic nitrogens is 6. The number of nitrogen functional groups attached to an aromatic ring is 1. The number of halogens is 2. The van der Waals surface area contributed by atoms with Crippen LogP contribution in [0.5, 0.6) is 0 Å². The second-order valence-corrected chi connectivity index (χ2v) is 12.1. The Hall–Kier alpha value is -2.97. The highest BCUT2D eigenvalue weighted by Gasteiger charge is 2.55. The molecule has 3 aliphatic rings. The number of phosphoric acid groups is 2. The SMILES string of the molecule is Nc1ncnc2c1ncn2[C@@H]1O[C@@H]2COP(=O)(O)O[C@@H]3[C@H](F)[C@@H](COP(=O)(O)O[C@@H]1[C@@H]2F)O[C@H]3n1ccc(=O)[nH]c1=O. The summed E-state index contributed by atoms with van der Waals surface area (Å²) in [5.74, 6) is -0.0305. The molecule has 3 aromatic heterocycles. The van der Waals surface area contributed by atoms with E-state index in [0.717, 1.165) is 29.5 Å². The third kappa shape index (κ3) is 5.32. The van der Waals surface area contributed by atoms with E-state index in [9.17, 15) is 28.5 Å². The van der Waals surface area contributed by atoms with Gasteiger partial charge >= 0.3 is 21.3 Å². The number of nitrogens with one attached hydrogen (secondary N) is 1. The van der Waals surface area contributed by atoms with Crippen molar-refractivity contribution in [3.8, 4) is 0 Å². The first-order valence-corrected chi connectivity index (χ1v) is 15.0. The highest BCUT2D eigenvalue weighted by Crippen LogP contribution is 2.54. The zero-order chi connectivity index (χ0) is 30.0. The van der Waals surface area contributed by atoms with Crippen molar-refractivity contribution in [2.24, 2.45) is 0 Å². The molecule has 0 aliphatic carbocycles. The van der Waals surface area contributed by atoms with Crippen LogP contribution in [0.4, 0.5) is 14.6 Å². The van der Waals surface area contributed by atoms with Gasteiger partial charge in [-0.2, -0.15) is 0 Å². The number of anilines is 1. The van der Waals surface area contributed by atoms with Gasteiger partial charge in [-0.1, -0.05) is 0 Å². The van der Waals surface area contributed by atoms with E-state index in [1.54, 1.807) is 0 Å². The Morgan fingerprint density at radius 1 is 0.929 bits per heavy atom. The van der Waals surface area contributed by atoms with Gasteiger partial charge in [-0.25, -0.2) is 37.7 Å². The van der Waals surface area contributed by atoms with Crippen LogP contribution in [0.3, 0.4) is 0 Å². The number of aromatic amines is 1. The van der Waals surface area contributed by atoms with Crippen molar-refractivity contribution >= 4 is 32.6 Å². The number of nitrogens with zero attached hydrogens (tertiary/aromatic N) is 5. The van der Waals surface area contributed by atoms with Crippen LogP contribution in [-0.4, -0.2) is 88.8 Å². The summed E-state index contributed by atoms with van der Waals surface area (Å²) in [6, 6.07) is 0.891. The molecule has 4 bridgehead atoms. The van der Waals surface area contributed by atoms with Gasteiger partial charge in [0.1, 0.15) is 36.3 Å². The van der Waals surface area contributed by atoms with Gasteiger partial charge in [0.25, 0.3) is 5.56 Å². The van der Waals surface area contributed by atoms with E-state index in [0.29, 0.717) is 4.57 Å². The predicted octanol–water partition coefficient (Wildman–Crippen LogP) is -0.552. The van der Waals surface area contributed by atoms with Gasteiger partial charge < -0.3 is 25.0 Å². The quantitative estimate of drug-likeness (QED) is 0.257. The number of imidazole rings is 1. The minimum absolute atomic E-state index is 0.0305. The Labute approximate surface area is 231 Å². The molecular formula is C19H21F2N7O12P2. The van der Waals surface area contributed by atoms with Crippen LogP contribution in [0.2, 0.25) is 0 Å². The molecule has 6 heterocycles. The first-order valence-electron chi connectivity index (χ1n) is 12.0. The Morgan fingerprint density at radius 2 is 1.50 bits per heavy atom. The van der Waals surface area contributed by atoms with Crippen molar-refractivity contribution < 1.29 is 55.3 Å². The van der Waals surface area contributed by atoms with E-state index in [-0.39, 0.29) is 17.0 Å². The maximum absolute atomic E-state index is 15.6. The van der Waals surface area contributed by atoms with Crippen molar-refractivity contribution in [2.45, 2.75) is 49.2 Å². The summed E-state index contributed by atoms with van der Waals surface area (Å²) in [6.07, 6.45) is -12.3. The molecule has 3 fully saturated rings. The number of nitrogens with two attached hydrogens (primary N) is 1. The average molecular weight is 639 g/mol. The van der Waals surface area contributed by atoms with Crippen molar-refractivity contribution in [3.05, 3.63) is 45.8 Å². The molecule has 5 N–H and O–H groups in total. The van der Waals surface area contributed by atoms with Gasteiger partial charge in [0, 0.05) is 12.3 Å². The molecule has 2 unspecified atom stereocenters. The van der Waals surface area contributed by atoms with Crippen LogP contribution in [0, 0.1) is 0 Å². The monoisotopic (exact) mass is 639 g/mol. The summed E-state index contributed by atoms with van der Waals surface area (Å²) in [5.41, 5.74) is 4.02. The molecule has 10 atom stereocenters. The molecule has 6 rings (SSSR count). The van der Waals surface area contributed by atoms with E-state index >= 15 is 8.78 Å². The van der Waals surface area contributed by atoms with Gasteiger partial charge in [0.2, 0.25) is 0 Å². The minimum atomic E-state index is -5.23. The molecule has 0 amide bonds. The lowest BCUT2D eigenvalue weighted by Crippen LogP contribution is -2.38. The van der Waals surface area contributed by atoms with Gasteiger partial charge in [0.15, 0.2) is 36.3 Å². The summed E-state index contributed by atoms with van der Waals surface area (Å²) in [5, 5.41) is 0. The molecule has 19 nitrogen and oxygen atoms in total. The lowest BCUT2D eigenvalue weighted by atomic mass is 10.1. The Morgan fingerprint density at radius 3 is 2.07 bits per heavy atom. The number of fused-ring (bicyclic) bond motifs is 5. The highest BCUT2D eigenvalue weighted by molar-refractivity contribution is 7.47. The van der Waals surface area contributed by atoms with Gasteiger partial charge in [-0.15, -0.1) is 0 Å². The minimum Gasteiger partial charge on any atom is -0.382 e. The largest absolute Gasteiger partial charge is 0.472 e. The average Bonchev–Trinajstić information content (AvgIpc) is 3.57. The Kier molecular flexibility index (Phi) is 7.37. The topological polar surface area (TPSA) is 254 Å². The van der Waals surface area contributed by atoms with Crippen LogP contribution in [0.25, 0.3) is 11.2 Å². The summed E-state index contributed by atoms with van der Waals surface area (Å²) < 4.78 is 89.6. The van der Waals surface area contributed by atoms with Crippen LogP contribution in [0.15, 0.2) is 34.5 Å². The fourth-order valence-corrected chi connectivity index (χ4v) is 6.57. The molecule has 3 aliphatic heterocycles. The smallest absolute Gasteiger partial charge is 0.382 e. The molecule has 3 saturated heterocycles. The first-order chi connectivity index (χ1) is 19.8. The third-order valence-corrected chi connectivity index (χ3v) is 8.60. The molecule has 0 aromatic carbocycles. The third-order valence-electron chi connectivity index (χ3n) is 6.63. The number of phosphoric ester groups is 2. The number of hydrogen-bond acceptors (Lipinski definition) is 14. The van der Waals surface area contributed by atoms with E-state index < -0.39 is 89.3 Å². The van der Waals surface area contributed by atoms with E-state index in [2.05, 4.69) is 15.0 Å². The molecule has 0 spiro atoms. The zero-order valence-corrected chi connectivity index (χ0v) is 22.6. The van der Waals surface area contributed by atoms with Gasteiger partial charge in [0.05, 0.1) is 19.5 Å². The number of H-pyrrole nitrogens is 1. The zero-order valence-electron chi connectivity index (χ0n) is 20.8. The van der Waals surface area contributed by atoms with Crippen LogP contribution in [-0.2, 0) is 36.7 Å². The van der Waals surface area contributed by atoms with E-state index in [1.165, 1.54) is 0 Å².